The predicted molar refractivity (Wildman–Crippen MR) is 115 cm³/mol. The van der Waals surface area contributed by atoms with E-state index < -0.39 is 16.0 Å². The molecule has 0 aromatic heterocycles. The monoisotopic (exact) mass is 435 g/mol. The minimum absolute atomic E-state index is 0.0796. The highest BCUT2D eigenvalue weighted by Gasteiger charge is 2.44. The Hall–Kier alpha value is -1.99. The van der Waals surface area contributed by atoms with Gasteiger partial charge in [0.15, 0.2) is 0 Å². The Labute approximate surface area is 178 Å². The van der Waals surface area contributed by atoms with E-state index in [2.05, 4.69) is 10.8 Å². The Morgan fingerprint density at radius 2 is 1.77 bits per heavy atom. The lowest BCUT2D eigenvalue weighted by Gasteiger charge is -2.48. The lowest BCUT2D eigenvalue weighted by atomic mass is 9.61. The van der Waals surface area contributed by atoms with E-state index in [1.807, 2.05) is 6.08 Å². The van der Waals surface area contributed by atoms with Crippen LogP contribution in [0.1, 0.15) is 56.9 Å². The minimum atomic E-state index is -3.61. The molecule has 0 aliphatic heterocycles. The highest BCUT2D eigenvalue weighted by Crippen LogP contribution is 2.46. The van der Waals surface area contributed by atoms with Crippen LogP contribution in [0.3, 0.4) is 0 Å². The van der Waals surface area contributed by atoms with E-state index in [4.69, 9.17) is 5.11 Å². The molecule has 30 heavy (non-hydrogen) atoms. The Morgan fingerprint density at radius 3 is 2.43 bits per heavy atom. The molecule has 1 aromatic rings. The van der Waals surface area contributed by atoms with Gasteiger partial charge in [-0.2, -0.15) is 0 Å². The summed E-state index contributed by atoms with van der Waals surface area (Å²) in [7, 11) is -3.61. The molecule has 0 amide bonds. The molecule has 3 aliphatic carbocycles. The molecule has 2 N–H and O–H groups in total. The number of carbonyl (C=O) groups is 1. The Balaban J connectivity index is 1.61. The molecular weight excluding hydrogens is 405 g/mol. The van der Waals surface area contributed by atoms with Crippen molar-refractivity contribution in [3.05, 3.63) is 53.2 Å². The van der Waals surface area contributed by atoms with Gasteiger partial charge in [-0.25, -0.2) is 17.5 Å². The van der Waals surface area contributed by atoms with Gasteiger partial charge in [-0.05, 0) is 86.5 Å². The summed E-state index contributed by atoms with van der Waals surface area (Å²) in [5, 5.41) is 9.87. The van der Waals surface area contributed by atoms with E-state index in [0.717, 1.165) is 38.5 Å². The van der Waals surface area contributed by atoms with Crippen molar-refractivity contribution in [3.8, 4) is 0 Å². The fraction of sp³-hybridized carbons (Fsp3) is 0.522. The number of carboxylic acids is 1. The van der Waals surface area contributed by atoms with Crippen molar-refractivity contribution in [2.75, 3.05) is 0 Å². The number of fused-ring (bicyclic) bond motifs is 3. The van der Waals surface area contributed by atoms with Crippen molar-refractivity contribution in [3.63, 3.8) is 0 Å². The Morgan fingerprint density at radius 1 is 1.10 bits per heavy atom. The molecule has 4 rings (SSSR count). The number of aliphatic carboxylic acids is 1. The van der Waals surface area contributed by atoms with Crippen molar-refractivity contribution >= 4 is 22.1 Å². The fourth-order valence-corrected chi connectivity index (χ4v) is 5.97. The maximum absolute atomic E-state index is 13.0. The second-order valence-electron chi connectivity index (χ2n) is 8.37. The molecule has 3 aliphatic rings. The smallest absolute Gasteiger partial charge is 0.303 e. The molecule has 2 unspecified atom stereocenters. The molecule has 3 saturated carbocycles. The largest absolute Gasteiger partial charge is 0.481 e. The van der Waals surface area contributed by atoms with E-state index in [0.29, 0.717) is 23.8 Å². The third kappa shape index (κ3) is 6.51. The third-order valence-electron chi connectivity index (χ3n) is 6.34. The zero-order valence-electron chi connectivity index (χ0n) is 17.0. The van der Waals surface area contributed by atoms with E-state index in [9.17, 15) is 17.6 Å². The molecule has 5 nitrogen and oxygen atoms in total. The van der Waals surface area contributed by atoms with E-state index in [-0.39, 0.29) is 24.2 Å². The van der Waals surface area contributed by atoms with Gasteiger partial charge in [0.05, 0.1) is 0 Å². The number of hydrogen-bond acceptors (Lipinski definition) is 3. The molecule has 0 saturated heterocycles. The average Bonchev–Trinajstić information content (AvgIpc) is 2.71. The molecule has 2 atom stereocenters. The maximum atomic E-state index is 13.0. The quantitative estimate of drug-likeness (QED) is 0.411. The van der Waals surface area contributed by atoms with Gasteiger partial charge in [-0.3, -0.25) is 4.79 Å². The molecule has 0 heterocycles. The molecule has 7 heteroatoms. The summed E-state index contributed by atoms with van der Waals surface area (Å²) in [6.45, 7) is 0. The Bertz CT molecular complexity index is 871. The van der Waals surface area contributed by atoms with E-state index >= 15 is 0 Å². The van der Waals surface area contributed by atoms with Gasteiger partial charge in [0, 0.05) is 17.9 Å². The summed E-state index contributed by atoms with van der Waals surface area (Å²) in [6, 6.07) is 5.62. The molecule has 2 bridgehead atoms. The zero-order valence-corrected chi connectivity index (χ0v) is 17.9. The molecule has 0 radical (unpaired) electrons. The van der Waals surface area contributed by atoms with Gasteiger partial charge in [0.1, 0.15) is 5.82 Å². The van der Waals surface area contributed by atoms with Crippen LogP contribution in [-0.2, 0) is 14.8 Å². The first-order valence-electron chi connectivity index (χ1n) is 10.7. The minimum Gasteiger partial charge on any atom is -0.481 e. The number of halogens is 1. The first-order valence-corrected chi connectivity index (χ1v) is 12.2. The van der Waals surface area contributed by atoms with E-state index in [1.54, 1.807) is 12.1 Å². The van der Waals surface area contributed by atoms with E-state index in [1.165, 1.54) is 23.6 Å². The Kier molecular flexibility index (Phi) is 7.83. The average molecular weight is 436 g/mol. The number of rotatable bonds is 10. The van der Waals surface area contributed by atoms with Gasteiger partial charge in [-0.1, -0.05) is 24.3 Å². The standard InChI is InChI=1S/C23H30FNO4S/c24-20-13-7-17(8-14-20)15-16-30(28,29)25-23-19-11-9-18(10-12-19)21(23)5-3-1-2-4-6-22(26)27/h1,3,7-8,13-16,18-19,21,23,25H,2,4-6,9-12H2,(H,26,27)/b3-1+,16-15+. The third-order valence-corrected chi connectivity index (χ3v) is 7.43. The van der Waals surface area contributed by atoms with Crippen LogP contribution in [-0.4, -0.2) is 25.5 Å². The van der Waals surface area contributed by atoms with Crippen molar-refractivity contribution < 1.29 is 22.7 Å². The summed E-state index contributed by atoms with van der Waals surface area (Å²) in [4.78, 5) is 10.6. The number of hydrogen-bond donors (Lipinski definition) is 2. The van der Waals surface area contributed by atoms with Crippen molar-refractivity contribution in [2.45, 2.75) is 57.4 Å². The van der Waals surface area contributed by atoms with Crippen LogP contribution in [0.25, 0.3) is 6.08 Å². The summed E-state index contributed by atoms with van der Waals surface area (Å²) in [5.74, 6) is 0.00504. The van der Waals surface area contributed by atoms with Crippen LogP contribution in [0.5, 0.6) is 0 Å². The predicted octanol–water partition coefficient (Wildman–Crippen LogP) is 4.72. The van der Waals surface area contributed by atoms with Crippen LogP contribution < -0.4 is 4.72 Å². The van der Waals surface area contributed by atoms with Gasteiger partial charge in [0.2, 0.25) is 10.0 Å². The molecule has 1 aromatic carbocycles. The normalized spacial score (nSPS) is 26.6. The number of allylic oxidation sites excluding steroid dienone is 2. The van der Waals surface area contributed by atoms with Crippen LogP contribution in [0.2, 0.25) is 0 Å². The second-order valence-corrected chi connectivity index (χ2v) is 9.97. The fourth-order valence-electron chi connectivity index (χ4n) is 4.81. The van der Waals surface area contributed by atoms with Crippen LogP contribution in [0.15, 0.2) is 41.8 Å². The van der Waals surface area contributed by atoms with Gasteiger partial charge in [0.25, 0.3) is 0 Å². The summed E-state index contributed by atoms with van der Waals surface area (Å²) in [5.41, 5.74) is 0.632. The number of sulfonamides is 1. The molecule has 0 spiro atoms. The highest BCUT2D eigenvalue weighted by molar-refractivity contribution is 7.92. The number of nitrogens with one attached hydrogen (secondary N) is 1. The summed E-state index contributed by atoms with van der Waals surface area (Å²) < 4.78 is 41.3. The highest BCUT2D eigenvalue weighted by atomic mass is 32.2. The van der Waals surface area contributed by atoms with Crippen LogP contribution in [0, 0.1) is 23.6 Å². The van der Waals surface area contributed by atoms with Crippen molar-refractivity contribution in [1.82, 2.24) is 4.72 Å². The summed E-state index contributed by atoms with van der Waals surface area (Å²) in [6.07, 6.45) is 12.3. The van der Waals surface area contributed by atoms with Crippen LogP contribution >= 0.6 is 0 Å². The molecule has 164 valence electrons. The summed E-state index contributed by atoms with van der Waals surface area (Å²) >= 11 is 0. The number of benzene rings is 1. The number of carboxylic acid groups (broad SMARTS) is 1. The van der Waals surface area contributed by atoms with Gasteiger partial charge in [-0.15, -0.1) is 0 Å². The first kappa shape index (κ1) is 22.7. The van der Waals surface area contributed by atoms with Gasteiger partial charge < -0.3 is 5.11 Å². The maximum Gasteiger partial charge on any atom is 0.303 e. The topological polar surface area (TPSA) is 83.5 Å². The SMILES string of the molecule is O=C(O)CCC/C=C/CC1C2CCC(CC2)C1NS(=O)(=O)/C=C/c1ccc(F)cc1. The zero-order chi connectivity index (χ0) is 21.6. The van der Waals surface area contributed by atoms with Crippen molar-refractivity contribution in [2.24, 2.45) is 17.8 Å². The van der Waals surface area contributed by atoms with Crippen molar-refractivity contribution in [1.29, 1.82) is 0 Å². The molecule has 3 fully saturated rings. The second kappa shape index (κ2) is 10.4. The first-order chi connectivity index (χ1) is 14.3. The van der Waals surface area contributed by atoms with Crippen LogP contribution in [0.4, 0.5) is 4.39 Å². The van der Waals surface area contributed by atoms with Gasteiger partial charge >= 0.3 is 5.97 Å². The lowest BCUT2D eigenvalue weighted by Crippen LogP contribution is -2.52. The number of unbranched alkanes of at least 4 members (excludes halogenated alkanes) is 1. The molecular formula is C23H30FNO4S. The lowest BCUT2D eigenvalue weighted by molar-refractivity contribution is -0.137.